The molecule has 11 heavy (non-hydrogen) atoms. The molecule has 1 N–H and O–H groups in total. The van der Waals surface area contributed by atoms with Crippen LogP contribution in [0.5, 0.6) is 0 Å². The summed E-state index contributed by atoms with van der Waals surface area (Å²) >= 11 is 0. The van der Waals surface area contributed by atoms with Gasteiger partial charge in [0.2, 0.25) is 0 Å². The SMILES string of the molecule is C=C1CCC(NCC)C(C)C1. The maximum absolute atomic E-state index is 4.03. The first-order chi connectivity index (χ1) is 5.24. The molecule has 1 aliphatic carbocycles. The van der Waals surface area contributed by atoms with E-state index in [0.717, 1.165) is 18.5 Å². The van der Waals surface area contributed by atoms with Crippen LogP contribution in [-0.4, -0.2) is 12.6 Å². The fourth-order valence-electron chi connectivity index (χ4n) is 1.91. The molecule has 1 aliphatic rings. The van der Waals surface area contributed by atoms with Crippen molar-refractivity contribution in [3.63, 3.8) is 0 Å². The first-order valence-electron chi connectivity index (χ1n) is 4.64. The highest BCUT2D eigenvalue weighted by Gasteiger charge is 2.21. The van der Waals surface area contributed by atoms with Crippen molar-refractivity contribution in [2.24, 2.45) is 5.92 Å². The van der Waals surface area contributed by atoms with E-state index in [-0.39, 0.29) is 0 Å². The molecule has 0 heterocycles. The molecule has 64 valence electrons. The lowest BCUT2D eigenvalue weighted by Gasteiger charge is -2.30. The van der Waals surface area contributed by atoms with Gasteiger partial charge in [0, 0.05) is 6.04 Å². The minimum Gasteiger partial charge on any atom is -0.314 e. The topological polar surface area (TPSA) is 12.0 Å². The summed E-state index contributed by atoms with van der Waals surface area (Å²) in [5, 5.41) is 3.51. The third-order valence-electron chi connectivity index (χ3n) is 2.57. The summed E-state index contributed by atoms with van der Waals surface area (Å²) in [6.45, 7) is 9.62. The van der Waals surface area contributed by atoms with Crippen LogP contribution in [0.15, 0.2) is 12.2 Å². The van der Waals surface area contributed by atoms with Gasteiger partial charge >= 0.3 is 0 Å². The van der Waals surface area contributed by atoms with Crippen molar-refractivity contribution in [1.29, 1.82) is 0 Å². The number of nitrogens with one attached hydrogen (secondary N) is 1. The molecule has 2 unspecified atom stereocenters. The van der Waals surface area contributed by atoms with Gasteiger partial charge in [-0.1, -0.05) is 26.0 Å². The van der Waals surface area contributed by atoms with E-state index < -0.39 is 0 Å². The summed E-state index contributed by atoms with van der Waals surface area (Å²) < 4.78 is 0. The molecule has 0 bridgehead atoms. The highest BCUT2D eigenvalue weighted by atomic mass is 14.9. The quantitative estimate of drug-likeness (QED) is 0.600. The fraction of sp³-hybridized carbons (Fsp3) is 0.800. The van der Waals surface area contributed by atoms with Crippen molar-refractivity contribution in [2.45, 2.75) is 39.2 Å². The van der Waals surface area contributed by atoms with Crippen LogP contribution in [0.1, 0.15) is 33.1 Å². The lowest BCUT2D eigenvalue weighted by atomic mass is 9.83. The number of rotatable bonds is 2. The first-order valence-corrected chi connectivity index (χ1v) is 4.64. The number of allylic oxidation sites excluding steroid dienone is 1. The molecule has 0 amide bonds. The van der Waals surface area contributed by atoms with Crippen LogP contribution in [0.25, 0.3) is 0 Å². The van der Waals surface area contributed by atoms with E-state index in [1.807, 2.05) is 0 Å². The van der Waals surface area contributed by atoms with Crippen LogP contribution in [0.2, 0.25) is 0 Å². The Morgan fingerprint density at radius 1 is 1.64 bits per heavy atom. The average molecular weight is 153 g/mol. The van der Waals surface area contributed by atoms with E-state index in [1.165, 1.54) is 24.8 Å². The van der Waals surface area contributed by atoms with Gasteiger partial charge < -0.3 is 5.32 Å². The lowest BCUT2D eigenvalue weighted by molar-refractivity contribution is 0.327. The third kappa shape index (κ3) is 2.33. The fourth-order valence-corrected chi connectivity index (χ4v) is 1.91. The average Bonchev–Trinajstić information content (AvgIpc) is 1.95. The van der Waals surface area contributed by atoms with Gasteiger partial charge in [-0.25, -0.2) is 0 Å². The van der Waals surface area contributed by atoms with Gasteiger partial charge in [0.1, 0.15) is 0 Å². The Balaban J connectivity index is 2.37. The van der Waals surface area contributed by atoms with E-state index in [4.69, 9.17) is 0 Å². The molecule has 0 aromatic rings. The molecular formula is C10H19N. The predicted molar refractivity (Wildman–Crippen MR) is 49.6 cm³/mol. The molecule has 1 rings (SSSR count). The van der Waals surface area contributed by atoms with Gasteiger partial charge in [0.05, 0.1) is 0 Å². The summed E-state index contributed by atoms with van der Waals surface area (Å²) in [4.78, 5) is 0. The van der Waals surface area contributed by atoms with Gasteiger partial charge in [0.25, 0.3) is 0 Å². The Morgan fingerprint density at radius 2 is 2.36 bits per heavy atom. The van der Waals surface area contributed by atoms with Crippen LogP contribution >= 0.6 is 0 Å². The van der Waals surface area contributed by atoms with Crippen molar-refractivity contribution >= 4 is 0 Å². The van der Waals surface area contributed by atoms with Crippen LogP contribution in [-0.2, 0) is 0 Å². The minimum atomic E-state index is 0.741. The van der Waals surface area contributed by atoms with Crippen molar-refractivity contribution in [3.05, 3.63) is 12.2 Å². The standard InChI is InChI=1S/C10H19N/c1-4-11-10-6-5-8(2)7-9(10)3/h9-11H,2,4-7H2,1,3H3. The molecule has 0 spiro atoms. The lowest BCUT2D eigenvalue weighted by Crippen LogP contribution is -2.37. The molecule has 1 nitrogen and oxygen atoms in total. The summed E-state index contributed by atoms with van der Waals surface area (Å²) in [7, 11) is 0. The minimum absolute atomic E-state index is 0.741. The smallest absolute Gasteiger partial charge is 0.00986 e. The summed E-state index contributed by atoms with van der Waals surface area (Å²) in [6, 6.07) is 0.741. The second-order valence-corrected chi connectivity index (χ2v) is 3.63. The Labute approximate surface area is 69.9 Å². The van der Waals surface area contributed by atoms with E-state index in [0.29, 0.717) is 0 Å². The largest absolute Gasteiger partial charge is 0.314 e. The first kappa shape index (κ1) is 8.79. The Hall–Kier alpha value is -0.300. The second kappa shape index (κ2) is 3.91. The molecule has 1 fully saturated rings. The van der Waals surface area contributed by atoms with Crippen LogP contribution in [0, 0.1) is 5.92 Å². The Kier molecular flexibility index (Phi) is 3.13. The highest BCUT2D eigenvalue weighted by molar-refractivity contribution is 5.02. The summed E-state index contributed by atoms with van der Waals surface area (Å²) in [6.07, 6.45) is 3.73. The summed E-state index contributed by atoms with van der Waals surface area (Å²) in [5.41, 5.74) is 1.44. The number of hydrogen-bond acceptors (Lipinski definition) is 1. The number of hydrogen-bond donors (Lipinski definition) is 1. The van der Waals surface area contributed by atoms with Gasteiger partial charge in [-0.05, 0) is 31.7 Å². The summed E-state index contributed by atoms with van der Waals surface area (Å²) in [5.74, 6) is 0.788. The monoisotopic (exact) mass is 153 g/mol. The molecule has 0 aromatic carbocycles. The van der Waals surface area contributed by atoms with E-state index in [1.54, 1.807) is 0 Å². The van der Waals surface area contributed by atoms with Gasteiger partial charge in [0.15, 0.2) is 0 Å². The van der Waals surface area contributed by atoms with Gasteiger partial charge in [-0.3, -0.25) is 0 Å². The molecule has 2 atom stereocenters. The molecule has 0 saturated heterocycles. The van der Waals surface area contributed by atoms with Gasteiger partial charge in [-0.2, -0.15) is 0 Å². The van der Waals surface area contributed by atoms with E-state index in [2.05, 4.69) is 25.7 Å². The van der Waals surface area contributed by atoms with Crippen LogP contribution in [0.4, 0.5) is 0 Å². The predicted octanol–water partition coefficient (Wildman–Crippen LogP) is 2.34. The molecule has 0 radical (unpaired) electrons. The molecular weight excluding hydrogens is 134 g/mol. The Morgan fingerprint density at radius 3 is 2.91 bits per heavy atom. The maximum Gasteiger partial charge on any atom is 0.00986 e. The van der Waals surface area contributed by atoms with Crippen molar-refractivity contribution in [1.82, 2.24) is 5.32 Å². The zero-order chi connectivity index (χ0) is 8.27. The van der Waals surface area contributed by atoms with Gasteiger partial charge in [-0.15, -0.1) is 0 Å². The van der Waals surface area contributed by atoms with Crippen molar-refractivity contribution in [2.75, 3.05) is 6.54 Å². The van der Waals surface area contributed by atoms with Crippen LogP contribution < -0.4 is 5.32 Å². The molecule has 1 saturated carbocycles. The van der Waals surface area contributed by atoms with Crippen molar-refractivity contribution in [3.8, 4) is 0 Å². The van der Waals surface area contributed by atoms with Crippen LogP contribution in [0.3, 0.4) is 0 Å². The van der Waals surface area contributed by atoms with E-state index in [9.17, 15) is 0 Å². The second-order valence-electron chi connectivity index (χ2n) is 3.63. The Bertz CT molecular complexity index is 140. The molecule has 1 heteroatoms. The zero-order valence-electron chi connectivity index (χ0n) is 7.69. The maximum atomic E-state index is 4.03. The third-order valence-corrected chi connectivity index (χ3v) is 2.57. The van der Waals surface area contributed by atoms with E-state index >= 15 is 0 Å². The molecule has 0 aliphatic heterocycles. The van der Waals surface area contributed by atoms with Crippen molar-refractivity contribution < 1.29 is 0 Å². The molecule has 0 aromatic heterocycles. The highest BCUT2D eigenvalue weighted by Crippen LogP contribution is 2.26. The normalized spacial score (nSPS) is 32.4. The zero-order valence-corrected chi connectivity index (χ0v) is 7.69.